The van der Waals surface area contributed by atoms with Gasteiger partial charge in [-0.05, 0) is 55.9 Å². The molecule has 5 rings (SSSR count). The number of carbonyl (C=O) groups is 2. The van der Waals surface area contributed by atoms with Crippen LogP contribution in [-0.4, -0.2) is 22.3 Å². The molecule has 7 heteroatoms. The first kappa shape index (κ1) is 24.3. The summed E-state index contributed by atoms with van der Waals surface area (Å²) in [6, 6.07) is 24.9. The first-order valence-corrected chi connectivity index (χ1v) is 12.2. The number of amides is 1. The number of aryl methyl sites for hydroxylation is 1. The molecule has 1 amide bonds. The van der Waals surface area contributed by atoms with E-state index in [1.807, 2.05) is 92.7 Å². The number of carboxylic acids is 1. The summed E-state index contributed by atoms with van der Waals surface area (Å²) in [6.07, 6.45) is 0.759. The first-order chi connectivity index (χ1) is 17.7. The average Bonchev–Trinajstić information content (AvgIpc) is 3.64. The molecule has 1 aromatic heterocycles. The monoisotopic (exact) mass is 496 g/mol. The van der Waals surface area contributed by atoms with Gasteiger partial charge in [0.25, 0.3) is 0 Å². The number of hydrogen-bond donors (Lipinski definition) is 2. The largest absolute Gasteiger partial charge is 0.481 e. The van der Waals surface area contributed by atoms with Crippen LogP contribution in [0.15, 0.2) is 83.4 Å². The summed E-state index contributed by atoms with van der Waals surface area (Å²) < 4.78 is 11.3. The van der Waals surface area contributed by atoms with Crippen molar-refractivity contribution in [1.29, 1.82) is 0 Å². The Balaban J connectivity index is 1.32. The number of aromatic nitrogens is 1. The van der Waals surface area contributed by atoms with Gasteiger partial charge in [-0.15, -0.1) is 0 Å². The molecule has 0 saturated heterocycles. The number of nitrogens with zero attached hydrogens (tertiary/aromatic N) is 1. The lowest BCUT2D eigenvalue weighted by atomic mass is 9.93. The van der Waals surface area contributed by atoms with E-state index in [1.54, 1.807) is 6.92 Å². The molecule has 0 radical (unpaired) electrons. The lowest BCUT2D eigenvalue weighted by Gasteiger charge is -2.25. The van der Waals surface area contributed by atoms with Gasteiger partial charge < -0.3 is 14.4 Å². The smallest absolute Gasteiger partial charge is 0.412 e. The van der Waals surface area contributed by atoms with Gasteiger partial charge in [0.15, 0.2) is 5.76 Å². The maximum Gasteiger partial charge on any atom is 0.412 e. The molecule has 0 aliphatic heterocycles. The number of hydrogen-bond acceptors (Lipinski definition) is 5. The van der Waals surface area contributed by atoms with Gasteiger partial charge in [0, 0.05) is 5.56 Å². The van der Waals surface area contributed by atoms with E-state index in [0.717, 1.165) is 27.8 Å². The van der Waals surface area contributed by atoms with E-state index >= 15 is 0 Å². The predicted octanol–water partition coefficient (Wildman–Crippen LogP) is 6.92. The Morgan fingerprint density at radius 2 is 1.49 bits per heavy atom. The van der Waals surface area contributed by atoms with Crippen molar-refractivity contribution in [2.75, 3.05) is 5.32 Å². The summed E-state index contributed by atoms with van der Waals surface area (Å²) in [7, 11) is 0. The standard InChI is InChI=1S/C30H28N2O5/c1-19-25(31-28(35)36-29(2,3)23-7-5-4-6-8-23)26(37-32-19)22-11-9-20(10-12-22)21-13-15-24(16-14-21)30(17-18-30)27(33)34/h4-16H,17-18H2,1-3H3,(H,31,35)(H,33,34). The molecule has 1 aliphatic rings. The third kappa shape index (κ3) is 4.72. The molecule has 1 heterocycles. The summed E-state index contributed by atoms with van der Waals surface area (Å²) in [6.45, 7) is 5.42. The number of ether oxygens (including phenoxy) is 1. The van der Waals surface area contributed by atoms with E-state index in [1.165, 1.54) is 0 Å². The summed E-state index contributed by atoms with van der Waals surface area (Å²) in [5.41, 5.74) is 3.89. The molecular formula is C30H28N2O5. The van der Waals surface area contributed by atoms with Crippen LogP contribution < -0.4 is 5.32 Å². The minimum atomic E-state index is -0.822. The van der Waals surface area contributed by atoms with Gasteiger partial charge >= 0.3 is 12.1 Å². The zero-order chi connectivity index (χ0) is 26.2. The van der Waals surface area contributed by atoms with Crippen molar-refractivity contribution in [2.45, 2.75) is 44.6 Å². The Morgan fingerprint density at radius 3 is 2.05 bits per heavy atom. The van der Waals surface area contributed by atoms with Gasteiger partial charge in [-0.2, -0.15) is 0 Å². The molecule has 4 aromatic rings. The molecule has 1 aliphatic carbocycles. The number of aliphatic carboxylic acids is 1. The van der Waals surface area contributed by atoms with Gasteiger partial charge in [0.1, 0.15) is 17.0 Å². The fraction of sp³-hybridized carbons (Fsp3) is 0.233. The SMILES string of the molecule is Cc1noc(-c2ccc(-c3ccc(C4(C(=O)O)CC4)cc3)cc2)c1NC(=O)OC(C)(C)c1ccccc1. The van der Waals surface area contributed by atoms with E-state index in [4.69, 9.17) is 9.26 Å². The molecule has 1 saturated carbocycles. The Hall–Kier alpha value is -4.39. The second-order valence-corrected chi connectivity index (χ2v) is 9.90. The van der Waals surface area contributed by atoms with Crippen molar-refractivity contribution in [3.05, 3.63) is 95.7 Å². The zero-order valence-electron chi connectivity index (χ0n) is 20.9. The number of nitrogens with one attached hydrogen (secondary N) is 1. The number of benzene rings is 3. The molecule has 3 aromatic carbocycles. The summed E-state index contributed by atoms with van der Waals surface area (Å²) >= 11 is 0. The second-order valence-electron chi connectivity index (χ2n) is 9.90. The molecule has 37 heavy (non-hydrogen) atoms. The molecule has 7 nitrogen and oxygen atoms in total. The topological polar surface area (TPSA) is 102 Å². The van der Waals surface area contributed by atoms with Crippen molar-refractivity contribution in [3.63, 3.8) is 0 Å². The molecular weight excluding hydrogens is 468 g/mol. The zero-order valence-corrected chi connectivity index (χ0v) is 20.9. The van der Waals surface area contributed by atoms with Crippen LogP contribution in [0.25, 0.3) is 22.5 Å². The highest BCUT2D eigenvalue weighted by atomic mass is 16.6. The normalized spacial score (nSPS) is 14.1. The van der Waals surface area contributed by atoms with Crippen molar-refractivity contribution in [2.24, 2.45) is 0 Å². The van der Waals surface area contributed by atoms with Crippen molar-refractivity contribution < 1.29 is 24.0 Å². The molecule has 0 atom stereocenters. The number of rotatable bonds is 7. The molecule has 0 unspecified atom stereocenters. The van der Waals surface area contributed by atoms with E-state index in [9.17, 15) is 14.7 Å². The fourth-order valence-corrected chi connectivity index (χ4v) is 4.52. The van der Waals surface area contributed by atoms with Crippen LogP contribution in [-0.2, 0) is 20.5 Å². The number of carbonyl (C=O) groups excluding carboxylic acids is 1. The summed E-state index contributed by atoms with van der Waals surface area (Å²) in [4.78, 5) is 24.4. The molecule has 2 N–H and O–H groups in total. The van der Waals surface area contributed by atoms with E-state index < -0.39 is 23.1 Å². The lowest BCUT2D eigenvalue weighted by molar-refractivity contribution is -0.140. The van der Waals surface area contributed by atoms with Crippen molar-refractivity contribution in [1.82, 2.24) is 5.16 Å². The minimum Gasteiger partial charge on any atom is -0.481 e. The van der Waals surface area contributed by atoms with Gasteiger partial charge in [0.05, 0.1) is 5.41 Å². The molecule has 0 spiro atoms. The molecule has 188 valence electrons. The summed E-state index contributed by atoms with van der Waals surface area (Å²) in [5.74, 6) is -0.324. The van der Waals surface area contributed by atoms with Gasteiger partial charge in [-0.25, -0.2) is 4.79 Å². The quantitative estimate of drug-likeness (QED) is 0.288. The van der Waals surface area contributed by atoms with E-state index in [0.29, 0.717) is 30.0 Å². The van der Waals surface area contributed by atoms with E-state index in [-0.39, 0.29) is 0 Å². The minimum absolute atomic E-state index is 0.436. The van der Waals surface area contributed by atoms with Crippen molar-refractivity contribution >= 4 is 17.7 Å². The Labute approximate surface area is 215 Å². The van der Waals surface area contributed by atoms with Gasteiger partial charge in [0.2, 0.25) is 0 Å². The van der Waals surface area contributed by atoms with Crippen LogP contribution >= 0.6 is 0 Å². The van der Waals surface area contributed by atoms with Gasteiger partial charge in [-0.3, -0.25) is 10.1 Å². The average molecular weight is 497 g/mol. The van der Waals surface area contributed by atoms with Gasteiger partial charge in [-0.1, -0.05) is 84.0 Å². The Bertz CT molecular complexity index is 1430. The predicted molar refractivity (Wildman–Crippen MR) is 140 cm³/mol. The number of anilines is 1. The highest BCUT2D eigenvalue weighted by Crippen LogP contribution is 2.48. The van der Waals surface area contributed by atoms with Crippen LogP contribution in [0.3, 0.4) is 0 Å². The lowest BCUT2D eigenvalue weighted by Crippen LogP contribution is -2.28. The number of carboxylic acid groups (broad SMARTS) is 1. The van der Waals surface area contributed by atoms with Crippen LogP contribution in [0, 0.1) is 6.92 Å². The maximum atomic E-state index is 12.8. The Morgan fingerprint density at radius 1 is 0.919 bits per heavy atom. The highest BCUT2D eigenvalue weighted by molar-refractivity contribution is 5.91. The van der Waals surface area contributed by atoms with Crippen LogP contribution in [0.4, 0.5) is 10.5 Å². The fourth-order valence-electron chi connectivity index (χ4n) is 4.52. The Kier molecular flexibility index (Phi) is 6.07. The van der Waals surface area contributed by atoms with Crippen LogP contribution in [0.1, 0.15) is 43.5 Å². The second kappa shape index (κ2) is 9.24. The van der Waals surface area contributed by atoms with Crippen LogP contribution in [0.5, 0.6) is 0 Å². The van der Waals surface area contributed by atoms with Crippen LogP contribution in [0.2, 0.25) is 0 Å². The third-order valence-corrected chi connectivity index (χ3v) is 6.98. The first-order valence-electron chi connectivity index (χ1n) is 12.2. The maximum absolute atomic E-state index is 12.8. The third-order valence-electron chi connectivity index (χ3n) is 6.98. The molecule has 0 bridgehead atoms. The molecule has 1 fully saturated rings. The van der Waals surface area contributed by atoms with E-state index in [2.05, 4.69) is 10.5 Å². The highest BCUT2D eigenvalue weighted by Gasteiger charge is 2.51. The summed E-state index contributed by atoms with van der Waals surface area (Å²) in [5, 5.41) is 16.4. The van der Waals surface area contributed by atoms with Crippen molar-refractivity contribution in [3.8, 4) is 22.5 Å².